The average Bonchev–Trinajstić information content (AvgIpc) is 3.30. The summed E-state index contributed by atoms with van der Waals surface area (Å²) in [5.41, 5.74) is 1.99. The third-order valence-electron chi connectivity index (χ3n) is 4.98. The molecule has 0 amide bonds. The van der Waals surface area contributed by atoms with E-state index in [1.54, 1.807) is 6.21 Å². The van der Waals surface area contributed by atoms with Crippen molar-refractivity contribution >= 4 is 23.6 Å². The van der Waals surface area contributed by atoms with Crippen LogP contribution in [0.25, 0.3) is 0 Å². The lowest BCUT2D eigenvalue weighted by molar-refractivity contribution is -0.113. The van der Waals surface area contributed by atoms with Gasteiger partial charge in [0.25, 0.3) is 0 Å². The summed E-state index contributed by atoms with van der Waals surface area (Å²) in [6.07, 6.45) is 5.57. The summed E-state index contributed by atoms with van der Waals surface area (Å²) in [5.74, 6) is 1.09. The van der Waals surface area contributed by atoms with Crippen LogP contribution in [0.2, 0.25) is 0 Å². The van der Waals surface area contributed by atoms with Crippen molar-refractivity contribution in [1.29, 1.82) is 0 Å². The van der Waals surface area contributed by atoms with Gasteiger partial charge in [-0.2, -0.15) is 0 Å². The topological polar surface area (TPSA) is 66.8 Å². The zero-order chi connectivity index (χ0) is 17.2. The summed E-state index contributed by atoms with van der Waals surface area (Å²) in [5, 5.41) is 3.67. The quantitative estimate of drug-likeness (QED) is 0.885. The Kier molecular flexibility index (Phi) is 4.72. The predicted molar refractivity (Wildman–Crippen MR) is 96.3 cm³/mol. The summed E-state index contributed by atoms with van der Waals surface area (Å²) >= 11 is 6.15. The first-order chi connectivity index (χ1) is 12.2. The first-order valence-electron chi connectivity index (χ1n) is 8.72. The summed E-state index contributed by atoms with van der Waals surface area (Å²) in [6.45, 7) is 3.70. The Morgan fingerprint density at radius 3 is 3.12 bits per heavy atom. The van der Waals surface area contributed by atoms with E-state index in [4.69, 9.17) is 16.3 Å². The van der Waals surface area contributed by atoms with Crippen LogP contribution in [0.5, 0.6) is 5.88 Å². The summed E-state index contributed by atoms with van der Waals surface area (Å²) in [4.78, 5) is 22.2. The molecule has 1 unspecified atom stereocenters. The van der Waals surface area contributed by atoms with E-state index in [1.165, 1.54) is 5.56 Å². The van der Waals surface area contributed by atoms with Gasteiger partial charge in [0, 0.05) is 38.0 Å². The number of ether oxygens (including phenoxy) is 1. The number of halogens is 1. The lowest BCUT2D eigenvalue weighted by Crippen LogP contribution is -2.28. The van der Waals surface area contributed by atoms with Crippen LogP contribution < -0.4 is 10.1 Å². The molecule has 132 valence electrons. The molecule has 2 saturated heterocycles. The monoisotopic (exact) mass is 360 g/mol. The van der Waals surface area contributed by atoms with Crippen LogP contribution in [0, 0.1) is 0 Å². The number of carbonyl (C=O) groups is 1. The Bertz CT molecular complexity index is 728. The number of nitrogens with one attached hydrogen (secondary N) is 1. The number of ketones is 1. The van der Waals surface area contributed by atoms with Gasteiger partial charge in [-0.25, -0.2) is 4.98 Å². The van der Waals surface area contributed by atoms with Crippen molar-refractivity contribution in [3.8, 4) is 5.88 Å². The molecule has 1 N–H and O–H groups in total. The van der Waals surface area contributed by atoms with E-state index in [0.717, 1.165) is 32.5 Å². The zero-order valence-corrected chi connectivity index (χ0v) is 14.7. The molecule has 3 aliphatic rings. The summed E-state index contributed by atoms with van der Waals surface area (Å²) < 4.78 is 6.09. The molecule has 4 rings (SSSR count). The Balaban J connectivity index is 1.41. The van der Waals surface area contributed by atoms with Gasteiger partial charge < -0.3 is 15.0 Å². The van der Waals surface area contributed by atoms with Gasteiger partial charge in [-0.3, -0.25) is 9.79 Å². The van der Waals surface area contributed by atoms with Gasteiger partial charge in [0.2, 0.25) is 5.88 Å². The fraction of sp³-hybridized carbons (Fsp3) is 0.500. The molecule has 25 heavy (non-hydrogen) atoms. The van der Waals surface area contributed by atoms with Gasteiger partial charge in [0.15, 0.2) is 5.78 Å². The Labute approximate surface area is 151 Å². The SMILES string of the molecule is O=C1CN=CC(N2CC[C@@H](Oc3cc(C4CCNC4)ccn3)C2)=C1Cl. The molecule has 2 fully saturated rings. The average molecular weight is 361 g/mol. The number of likely N-dealkylation sites (tertiary alicyclic amines) is 1. The highest BCUT2D eigenvalue weighted by atomic mass is 35.5. The molecule has 0 aliphatic carbocycles. The van der Waals surface area contributed by atoms with Gasteiger partial charge in [-0.1, -0.05) is 11.6 Å². The minimum Gasteiger partial charge on any atom is -0.472 e. The second-order valence-corrected chi connectivity index (χ2v) is 7.06. The first kappa shape index (κ1) is 16.5. The van der Waals surface area contributed by atoms with Gasteiger partial charge in [0.05, 0.1) is 12.2 Å². The number of nitrogens with zero attached hydrogens (tertiary/aromatic N) is 3. The number of aliphatic imine (C=N–C) groups is 1. The molecule has 1 aromatic heterocycles. The van der Waals surface area contributed by atoms with Crippen molar-refractivity contribution in [2.45, 2.75) is 24.9 Å². The number of pyridine rings is 1. The molecule has 3 aliphatic heterocycles. The second kappa shape index (κ2) is 7.14. The van der Waals surface area contributed by atoms with Crippen LogP contribution in [0.3, 0.4) is 0 Å². The molecule has 1 aromatic rings. The molecular formula is C18H21ClN4O2. The third kappa shape index (κ3) is 3.55. The molecule has 2 atom stereocenters. The Hall–Kier alpha value is -1.92. The van der Waals surface area contributed by atoms with E-state index in [1.807, 2.05) is 6.20 Å². The number of dihydropyridines is 1. The number of rotatable bonds is 4. The van der Waals surface area contributed by atoms with Crippen molar-refractivity contribution in [2.75, 3.05) is 32.7 Å². The second-order valence-electron chi connectivity index (χ2n) is 6.68. The highest BCUT2D eigenvalue weighted by molar-refractivity contribution is 6.44. The van der Waals surface area contributed by atoms with E-state index in [2.05, 4.69) is 32.3 Å². The van der Waals surface area contributed by atoms with Crippen molar-refractivity contribution in [3.05, 3.63) is 34.6 Å². The number of carbonyl (C=O) groups excluding carboxylic acids is 1. The number of hydrogen-bond donors (Lipinski definition) is 1. The smallest absolute Gasteiger partial charge is 0.213 e. The van der Waals surface area contributed by atoms with E-state index in [0.29, 0.717) is 24.0 Å². The maximum Gasteiger partial charge on any atom is 0.213 e. The minimum atomic E-state index is -0.122. The van der Waals surface area contributed by atoms with Crippen molar-refractivity contribution in [1.82, 2.24) is 15.2 Å². The van der Waals surface area contributed by atoms with E-state index in [-0.39, 0.29) is 23.5 Å². The van der Waals surface area contributed by atoms with Crippen LogP contribution in [0.15, 0.2) is 34.1 Å². The molecule has 4 heterocycles. The zero-order valence-electron chi connectivity index (χ0n) is 13.9. The summed E-state index contributed by atoms with van der Waals surface area (Å²) in [7, 11) is 0. The van der Waals surface area contributed by atoms with Crippen LogP contribution in [0.4, 0.5) is 0 Å². The van der Waals surface area contributed by atoms with E-state index in [9.17, 15) is 4.79 Å². The normalized spacial score (nSPS) is 26.6. The van der Waals surface area contributed by atoms with Gasteiger partial charge >= 0.3 is 0 Å². The highest BCUT2D eigenvalue weighted by Crippen LogP contribution is 2.27. The van der Waals surface area contributed by atoms with E-state index < -0.39 is 0 Å². The lowest BCUT2D eigenvalue weighted by atomic mass is 10.00. The van der Waals surface area contributed by atoms with Crippen LogP contribution >= 0.6 is 11.6 Å². The molecule has 0 spiro atoms. The Morgan fingerprint density at radius 2 is 2.28 bits per heavy atom. The molecule has 0 bridgehead atoms. The maximum absolute atomic E-state index is 11.7. The maximum atomic E-state index is 11.7. The van der Waals surface area contributed by atoms with Gasteiger partial charge in [-0.15, -0.1) is 0 Å². The first-order valence-corrected chi connectivity index (χ1v) is 9.09. The van der Waals surface area contributed by atoms with E-state index >= 15 is 0 Å². The van der Waals surface area contributed by atoms with Crippen LogP contribution in [-0.4, -0.2) is 60.7 Å². The Morgan fingerprint density at radius 1 is 1.36 bits per heavy atom. The number of Topliss-reactive ketones (excluding diaryl/α,β-unsaturated/α-hetero) is 1. The van der Waals surface area contributed by atoms with Gasteiger partial charge in [0.1, 0.15) is 17.7 Å². The standard InChI is InChI=1S/C18H21ClN4O2/c19-18-15(9-21-10-16(18)24)23-6-3-14(11-23)25-17-7-12(2-5-22-17)13-1-4-20-8-13/h2,5,7,9,13-14,20H,1,3-4,6,8,10-11H2/t13?,14-/m1/s1. The number of allylic oxidation sites excluding steroid dienone is 1. The van der Waals surface area contributed by atoms with Crippen molar-refractivity contribution < 1.29 is 9.53 Å². The van der Waals surface area contributed by atoms with Gasteiger partial charge in [-0.05, 0) is 30.5 Å². The fourth-order valence-electron chi connectivity index (χ4n) is 3.60. The molecular weight excluding hydrogens is 340 g/mol. The fourth-order valence-corrected chi connectivity index (χ4v) is 3.83. The molecule has 0 saturated carbocycles. The van der Waals surface area contributed by atoms with Crippen molar-refractivity contribution in [3.63, 3.8) is 0 Å². The lowest BCUT2D eigenvalue weighted by Gasteiger charge is -2.22. The van der Waals surface area contributed by atoms with Crippen molar-refractivity contribution in [2.24, 2.45) is 4.99 Å². The third-order valence-corrected chi connectivity index (χ3v) is 5.39. The van der Waals surface area contributed by atoms with Crippen LogP contribution in [-0.2, 0) is 4.79 Å². The van der Waals surface area contributed by atoms with Crippen LogP contribution in [0.1, 0.15) is 24.3 Å². The largest absolute Gasteiger partial charge is 0.472 e. The molecule has 6 nitrogen and oxygen atoms in total. The predicted octanol–water partition coefficient (Wildman–Crippen LogP) is 1.72. The minimum absolute atomic E-state index is 0.0341. The molecule has 0 aromatic carbocycles. The molecule has 0 radical (unpaired) electrons. The number of aromatic nitrogens is 1. The molecule has 7 heteroatoms. The highest BCUT2D eigenvalue weighted by Gasteiger charge is 2.29. The summed E-state index contributed by atoms with van der Waals surface area (Å²) in [6, 6.07) is 4.12. The number of hydrogen-bond acceptors (Lipinski definition) is 6.